The topological polar surface area (TPSA) is 137 Å². The van der Waals surface area contributed by atoms with Crippen molar-refractivity contribution in [1.82, 2.24) is 24.1 Å². The molecule has 1 aliphatic carbocycles. The minimum absolute atomic E-state index is 0.0452. The van der Waals surface area contributed by atoms with Gasteiger partial charge in [0.15, 0.2) is 5.88 Å². The smallest absolute Gasteiger partial charge is 0.418 e. The third kappa shape index (κ3) is 9.87. The molecule has 0 radical (unpaired) electrons. The Morgan fingerprint density at radius 2 is 1.89 bits per heavy atom. The zero-order valence-electron chi connectivity index (χ0n) is 32.8. The molecule has 3 aliphatic rings. The molecule has 0 spiro atoms. The van der Waals surface area contributed by atoms with E-state index in [2.05, 4.69) is 15.3 Å². The fraction of sp³-hybridized carbons (Fsp3) is 0.575. The van der Waals surface area contributed by atoms with E-state index in [0.717, 1.165) is 28.9 Å². The first-order chi connectivity index (χ1) is 26.6. The summed E-state index contributed by atoms with van der Waals surface area (Å²) in [5.74, 6) is 6.07. The van der Waals surface area contributed by atoms with Crippen LogP contribution in [0.2, 0.25) is 0 Å². The van der Waals surface area contributed by atoms with Crippen LogP contribution in [0.5, 0.6) is 0 Å². The molecule has 2 atom stereocenters. The van der Waals surface area contributed by atoms with Crippen LogP contribution in [0.1, 0.15) is 76.5 Å². The van der Waals surface area contributed by atoms with Crippen LogP contribution in [0.4, 0.5) is 18.0 Å². The molecule has 2 aromatic heterocycles. The zero-order chi connectivity index (χ0) is 40.3. The van der Waals surface area contributed by atoms with E-state index in [4.69, 9.17) is 24.8 Å². The van der Waals surface area contributed by atoms with Crippen LogP contribution in [0.15, 0.2) is 64.6 Å². The highest BCUT2D eigenvalue weighted by molar-refractivity contribution is 5.69. The Bertz CT molecular complexity index is 1960. The number of rotatable bonds is 15. The summed E-state index contributed by atoms with van der Waals surface area (Å²) in [6.07, 6.45) is 4.76. The molecular formula is C40H54F3N7O6. The molecule has 3 N–H and O–H groups in total. The summed E-state index contributed by atoms with van der Waals surface area (Å²) >= 11 is 0. The van der Waals surface area contributed by atoms with Crippen molar-refractivity contribution in [2.75, 3.05) is 46.6 Å². The molecule has 6 rings (SSSR count). The summed E-state index contributed by atoms with van der Waals surface area (Å²) in [5, 5.41) is 6.25. The predicted molar refractivity (Wildman–Crippen MR) is 205 cm³/mol. The Kier molecular flexibility index (Phi) is 12.4. The average Bonchev–Trinajstić information content (AvgIpc) is 3.81. The molecule has 2 saturated heterocycles. The summed E-state index contributed by atoms with van der Waals surface area (Å²) in [5.41, 5.74) is -0.613. The van der Waals surface area contributed by atoms with E-state index in [1.807, 2.05) is 37.1 Å². The van der Waals surface area contributed by atoms with Gasteiger partial charge < -0.3 is 29.7 Å². The number of benzene rings is 1. The fourth-order valence-corrected chi connectivity index (χ4v) is 7.72. The molecule has 56 heavy (non-hydrogen) atoms. The maximum Gasteiger partial charge on any atom is 0.418 e. The van der Waals surface area contributed by atoms with E-state index in [1.54, 1.807) is 39.3 Å². The standard InChI is InChI=1S/C40H54F3N7O6/c1-6-8-35(46-36(51)56-38(2,3)4)55-16-15-54-31-11-13-48(14-12-31)21-27-17-32(40(41,42)43)34-23-49(37(52)50(34)22-27)30-10-7-9-29(19-30)39(24-53-25-39)20-28-18-33(28)47(5)26-45-44/h7-10,17,19,22-23,26,28,31,33H,6,11-16,18,20-21,24-25,44H2,1-5H3,(H,46,51)/b35-8-,45-26-. The number of imidazole rings is 1. The molecule has 1 saturated carbocycles. The minimum atomic E-state index is -4.67. The second-order valence-electron chi connectivity index (χ2n) is 16.1. The summed E-state index contributed by atoms with van der Waals surface area (Å²) in [6, 6.07) is 8.99. The zero-order valence-corrected chi connectivity index (χ0v) is 32.8. The maximum atomic E-state index is 14.5. The first kappa shape index (κ1) is 41.1. The fourth-order valence-electron chi connectivity index (χ4n) is 7.72. The molecule has 306 valence electrons. The molecule has 4 heterocycles. The van der Waals surface area contributed by atoms with Gasteiger partial charge in [0.1, 0.15) is 18.5 Å². The molecular weight excluding hydrogens is 731 g/mol. The van der Waals surface area contributed by atoms with Crippen molar-refractivity contribution in [3.8, 4) is 5.69 Å². The molecule has 2 unspecified atom stereocenters. The number of carbonyl (C=O) groups excluding carboxylic acids is 1. The van der Waals surface area contributed by atoms with Crippen LogP contribution >= 0.6 is 0 Å². The number of hydrazone groups is 1. The number of hydrogen-bond acceptors (Lipinski definition) is 9. The van der Waals surface area contributed by atoms with Crippen LogP contribution in [0.25, 0.3) is 11.2 Å². The molecule has 2 aliphatic heterocycles. The Labute approximate surface area is 325 Å². The first-order valence-electron chi connectivity index (χ1n) is 19.2. The lowest BCUT2D eigenvalue weighted by molar-refractivity contribution is -0.136. The normalized spacial score (nSPS) is 20.6. The monoisotopic (exact) mass is 785 g/mol. The molecule has 1 amide bonds. The van der Waals surface area contributed by atoms with Gasteiger partial charge in [0.2, 0.25) is 0 Å². The Balaban J connectivity index is 1.09. The number of hydrogen-bond donors (Lipinski definition) is 2. The van der Waals surface area contributed by atoms with Gasteiger partial charge in [-0.1, -0.05) is 19.1 Å². The highest BCUT2D eigenvalue weighted by atomic mass is 19.4. The van der Waals surface area contributed by atoms with Crippen LogP contribution in [-0.4, -0.2) is 95.5 Å². The van der Waals surface area contributed by atoms with Gasteiger partial charge in [0.05, 0.1) is 42.7 Å². The number of nitrogens with two attached hydrogens (primary N) is 1. The number of fused-ring (bicyclic) bond motifs is 1. The third-order valence-corrected chi connectivity index (χ3v) is 10.6. The van der Waals surface area contributed by atoms with Crippen molar-refractivity contribution < 1.29 is 36.9 Å². The lowest BCUT2D eigenvalue weighted by atomic mass is 9.74. The van der Waals surface area contributed by atoms with Crippen molar-refractivity contribution >= 4 is 17.9 Å². The van der Waals surface area contributed by atoms with E-state index >= 15 is 0 Å². The summed E-state index contributed by atoms with van der Waals surface area (Å²) in [7, 11) is 1.95. The third-order valence-electron chi connectivity index (χ3n) is 10.6. The SMILES string of the molecule is CC/C=C(/NC(=O)OC(C)(C)C)OCCOC1CCN(Cc2cc(C(F)(F)F)c3cn(-c4cccc(C5(CC6CC6N(C)/C=N\N)COC5)c4)c(=O)n3c2)CC1. The quantitative estimate of drug-likeness (QED) is 0.0492. The largest absolute Gasteiger partial charge is 0.477 e. The molecule has 0 bridgehead atoms. The van der Waals surface area contributed by atoms with Gasteiger partial charge in [-0.2, -0.15) is 18.3 Å². The second kappa shape index (κ2) is 16.9. The molecule has 16 heteroatoms. The summed E-state index contributed by atoms with van der Waals surface area (Å²) < 4.78 is 68.8. The highest BCUT2D eigenvalue weighted by Crippen LogP contribution is 2.48. The lowest BCUT2D eigenvalue weighted by Gasteiger charge is -2.42. The maximum absolute atomic E-state index is 14.5. The van der Waals surface area contributed by atoms with Gasteiger partial charge in [0, 0.05) is 50.5 Å². The van der Waals surface area contributed by atoms with Crippen molar-refractivity contribution in [2.24, 2.45) is 16.9 Å². The van der Waals surface area contributed by atoms with Gasteiger partial charge in [-0.05, 0) is 94.2 Å². The number of halogens is 3. The van der Waals surface area contributed by atoms with Gasteiger partial charge in [0.25, 0.3) is 0 Å². The Hall–Kier alpha value is -4.54. The van der Waals surface area contributed by atoms with Crippen molar-refractivity contribution in [1.29, 1.82) is 0 Å². The van der Waals surface area contributed by atoms with E-state index in [-0.39, 0.29) is 30.2 Å². The van der Waals surface area contributed by atoms with Gasteiger partial charge in [-0.15, -0.1) is 0 Å². The van der Waals surface area contributed by atoms with Crippen molar-refractivity contribution in [2.45, 2.75) is 95.7 Å². The van der Waals surface area contributed by atoms with Crippen LogP contribution in [0.3, 0.4) is 0 Å². The van der Waals surface area contributed by atoms with E-state index in [9.17, 15) is 22.8 Å². The number of allylic oxidation sites excluding steroid dienone is 1. The van der Waals surface area contributed by atoms with Gasteiger partial charge in [-0.25, -0.2) is 9.59 Å². The van der Waals surface area contributed by atoms with E-state index < -0.39 is 29.1 Å². The molecule has 1 aromatic carbocycles. The van der Waals surface area contributed by atoms with E-state index in [1.165, 1.54) is 17.0 Å². The Morgan fingerprint density at radius 1 is 1.14 bits per heavy atom. The number of aromatic nitrogens is 2. The number of alkyl carbamates (subject to hydrolysis) is 1. The summed E-state index contributed by atoms with van der Waals surface area (Å²) in [4.78, 5) is 30.1. The number of amides is 1. The first-order valence-corrected chi connectivity index (χ1v) is 19.2. The number of pyridine rings is 1. The average molecular weight is 786 g/mol. The van der Waals surface area contributed by atoms with E-state index in [0.29, 0.717) is 81.3 Å². The van der Waals surface area contributed by atoms with Crippen LogP contribution in [0, 0.1) is 5.92 Å². The minimum Gasteiger partial charge on any atom is -0.477 e. The number of ether oxygens (including phenoxy) is 4. The van der Waals surface area contributed by atoms with Crippen molar-refractivity contribution in [3.63, 3.8) is 0 Å². The number of alkyl halides is 3. The van der Waals surface area contributed by atoms with Crippen LogP contribution in [-0.2, 0) is 37.1 Å². The predicted octanol–water partition coefficient (Wildman–Crippen LogP) is 5.76. The molecule has 13 nitrogen and oxygen atoms in total. The number of nitrogens with one attached hydrogen (secondary N) is 1. The molecule has 3 fully saturated rings. The lowest BCUT2D eigenvalue weighted by Crippen LogP contribution is -2.47. The summed E-state index contributed by atoms with van der Waals surface area (Å²) in [6.45, 7) is 10.3. The van der Waals surface area contributed by atoms with Gasteiger partial charge in [-0.3, -0.25) is 19.2 Å². The number of nitrogens with zero attached hydrogens (tertiary/aromatic N) is 5. The Morgan fingerprint density at radius 3 is 2.54 bits per heavy atom. The van der Waals surface area contributed by atoms with Crippen LogP contribution < -0.4 is 16.8 Å². The number of piperidine rings is 1. The number of likely N-dealkylation sites (tertiary alicyclic amines) is 1. The molecule has 3 aromatic rings. The highest BCUT2D eigenvalue weighted by Gasteiger charge is 2.50. The van der Waals surface area contributed by atoms with Crippen molar-refractivity contribution in [3.05, 3.63) is 81.9 Å². The number of carbonyl (C=O) groups is 1. The van der Waals surface area contributed by atoms with Gasteiger partial charge >= 0.3 is 18.0 Å². The second-order valence-corrected chi connectivity index (χ2v) is 16.1.